The Kier molecular flexibility index (Phi) is 1.48. The van der Waals surface area contributed by atoms with Gasteiger partial charge in [-0.25, -0.2) is 4.68 Å². The fourth-order valence-electron chi connectivity index (χ4n) is 0.363. The predicted octanol–water partition coefficient (Wildman–Crippen LogP) is 0.392. The highest BCUT2D eigenvalue weighted by Crippen LogP contribution is 2.02. The quantitative estimate of drug-likeness (QED) is 0.520. The van der Waals surface area contributed by atoms with Gasteiger partial charge in [0.2, 0.25) is 5.16 Å². The van der Waals surface area contributed by atoms with Crippen LogP contribution in [-0.2, 0) is 7.05 Å². The average Bonchev–Trinajstić information content (AvgIpc) is 1.85. The maximum Gasteiger partial charge on any atom is 0.206 e. The van der Waals surface area contributed by atoms with E-state index in [2.05, 4.69) is 35.3 Å². The molecule has 0 N–H and O–H groups in total. The lowest BCUT2D eigenvalue weighted by molar-refractivity contribution is 0.678. The van der Waals surface area contributed by atoms with Crippen molar-refractivity contribution in [3.8, 4) is 0 Å². The van der Waals surface area contributed by atoms with E-state index in [-0.39, 0.29) is 0 Å². The molecule has 1 heterocycles. The second-order valence-corrected chi connectivity index (χ2v) is 2.14. The van der Waals surface area contributed by atoms with Gasteiger partial charge in [0, 0.05) is 7.05 Å². The second kappa shape index (κ2) is 1.99. The van der Waals surface area contributed by atoms with Crippen LogP contribution >= 0.6 is 25.3 Å². The number of hydrogen-bond donors (Lipinski definition) is 2. The summed E-state index contributed by atoms with van der Waals surface area (Å²) in [6.07, 6.45) is 0. The summed E-state index contributed by atoms with van der Waals surface area (Å²) in [5.41, 5.74) is 0. The van der Waals surface area contributed by atoms with E-state index >= 15 is 0 Å². The van der Waals surface area contributed by atoms with Crippen molar-refractivity contribution in [2.24, 2.45) is 7.05 Å². The summed E-state index contributed by atoms with van der Waals surface area (Å²) >= 11 is 7.84. The van der Waals surface area contributed by atoms with Crippen LogP contribution in [-0.4, -0.2) is 14.8 Å². The van der Waals surface area contributed by atoms with Crippen LogP contribution in [0.25, 0.3) is 0 Å². The number of rotatable bonds is 0. The van der Waals surface area contributed by atoms with Gasteiger partial charge in [0.25, 0.3) is 0 Å². The third-order valence-electron chi connectivity index (χ3n) is 0.729. The molecule has 0 unspecified atom stereocenters. The molecule has 0 aliphatic rings. The van der Waals surface area contributed by atoms with Gasteiger partial charge >= 0.3 is 0 Å². The lowest BCUT2D eigenvalue weighted by atomic mass is 11.2. The van der Waals surface area contributed by atoms with E-state index in [1.54, 1.807) is 11.7 Å². The van der Waals surface area contributed by atoms with Crippen molar-refractivity contribution in [1.29, 1.82) is 0 Å². The molecule has 0 aromatic carbocycles. The lowest BCUT2D eigenvalue weighted by Crippen LogP contribution is -1.89. The third-order valence-corrected chi connectivity index (χ3v) is 1.31. The smallest absolute Gasteiger partial charge is 0.206 e. The van der Waals surface area contributed by atoms with Gasteiger partial charge in [0.05, 0.1) is 0 Å². The summed E-state index contributed by atoms with van der Waals surface area (Å²) in [6.45, 7) is 0. The molecule has 0 atom stereocenters. The molecular formula is C3H5N3S2. The molecule has 0 aliphatic carbocycles. The zero-order valence-electron chi connectivity index (χ0n) is 4.24. The van der Waals surface area contributed by atoms with E-state index in [0.717, 1.165) is 0 Å². The number of nitrogens with zero attached hydrogens (tertiary/aromatic N) is 3. The van der Waals surface area contributed by atoms with Crippen LogP contribution in [0.2, 0.25) is 0 Å². The van der Waals surface area contributed by atoms with Crippen LogP contribution in [0.1, 0.15) is 0 Å². The molecular weight excluding hydrogens is 142 g/mol. The van der Waals surface area contributed by atoms with Crippen LogP contribution < -0.4 is 0 Å². The molecule has 1 rings (SSSR count). The number of aryl methyl sites for hydroxylation is 1. The van der Waals surface area contributed by atoms with Gasteiger partial charge in [-0.3, -0.25) is 0 Å². The molecule has 0 aliphatic heterocycles. The van der Waals surface area contributed by atoms with Crippen molar-refractivity contribution in [3.05, 3.63) is 0 Å². The Morgan fingerprint density at radius 3 is 2.25 bits per heavy atom. The molecule has 0 amide bonds. The summed E-state index contributed by atoms with van der Waals surface area (Å²) in [5.74, 6) is 0. The molecule has 44 valence electrons. The van der Waals surface area contributed by atoms with Crippen molar-refractivity contribution < 1.29 is 0 Å². The fraction of sp³-hybridized carbons (Fsp3) is 0.333. The highest BCUT2D eigenvalue weighted by molar-refractivity contribution is 7.80. The number of thiol groups is 2. The minimum absolute atomic E-state index is 0.456. The van der Waals surface area contributed by atoms with Gasteiger partial charge in [-0.2, -0.15) is 4.98 Å². The van der Waals surface area contributed by atoms with Crippen LogP contribution in [0.3, 0.4) is 0 Å². The van der Waals surface area contributed by atoms with E-state index in [1.807, 2.05) is 0 Å². The zero-order chi connectivity index (χ0) is 6.15. The molecule has 5 heteroatoms. The molecule has 8 heavy (non-hydrogen) atoms. The molecule has 0 spiro atoms. The molecule has 1 aromatic rings. The van der Waals surface area contributed by atoms with Crippen molar-refractivity contribution in [2.45, 2.75) is 10.3 Å². The molecule has 0 radical (unpaired) electrons. The van der Waals surface area contributed by atoms with Crippen molar-refractivity contribution in [1.82, 2.24) is 14.8 Å². The first-order chi connectivity index (χ1) is 3.70. The standard InChI is InChI=1S/C3H5N3S2/c1-6-3(8)4-2(7)5-6/h1H3,(H2,4,5,7,8). The molecule has 0 bridgehead atoms. The van der Waals surface area contributed by atoms with Crippen LogP contribution in [0, 0.1) is 0 Å². The van der Waals surface area contributed by atoms with E-state index in [9.17, 15) is 0 Å². The highest BCUT2D eigenvalue weighted by Gasteiger charge is 1.95. The fourth-order valence-corrected chi connectivity index (χ4v) is 0.810. The Labute approximate surface area is 57.9 Å². The molecule has 1 aromatic heterocycles. The summed E-state index contributed by atoms with van der Waals surface area (Å²) in [6, 6.07) is 0. The second-order valence-electron chi connectivity index (χ2n) is 1.34. The Morgan fingerprint density at radius 1 is 1.50 bits per heavy atom. The van der Waals surface area contributed by atoms with Gasteiger partial charge in [0.1, 0.15) is 0 Å². The molecule has 0 saturated heterocycles. The summed E-state index contributed by atoms with van der Waals surface area (Å²) < 4.78 is 1.55. The summed E-state index contributed by atoms with van der Waals surface area (Å²) in [4.78, 5) is 3.79. The average molecular weight is 147 g/mol. The monoisotopic (exact) mass is 147 g/mol. The van der Waals surface area contributed by atoms with E-state index in [0.29, 0.717) is 10.3 Å². The first-order valence-electron chi connectivity index (χ1n) is 1.99. The SMILES string of the molecule is Cn1nc(S)nc1S. The van der Waals surface area contributed by atoms with Crippen molar-refractivity contribution >= 4 is 25.3 Å². The largest absolute Gasteiger partial charge is 0.243 e. The Balaban J connectivity index is 3.14. The number of aromatic nitrogens is 3. The van der Waals surface area contributed by atoms with Gasteiger partial charge in [0.15, 0.2) is 5.16 Å². The molecule has 0 fully saturated rings. The van der Waals surface area contributed by atoms with Crippen molar-refractivity contribution in [3.63, 3.8) is 0 Å². The van der Waals surface area contributed by atoms with Crippen LogP contribution in [0.4, 0.5) is 0 Å². The highest BCUT2D eigenvalue weighted by atomic mass is 32.1. The predicted molar refractivity (Wildman–Crippen MR) is 35.5 cm³/mol. The Morgan fingerprint density at radius 2 is 2.12 bits per heavy atom. The van der Waals surface area contributed by atoms with E-state index in [4.69, 9.17) is 0 Å². The third kappa shape index (κ3) is 0.976. The molecule has 0 saturated carbocycles. The minimum atomic E-state index is 0.456. The Hall–Kier alpha value is -0.160. The zero-order valence-corrected chi connectivity index (χ0v) is 6.02. The topological polar surface area (TPSA) is 30.7 Å². The van der Waals surface area contributed by atoms with Crippen LogP contribution in [0.15, 0.2) is 10.3 Å². The van der Waals surface area contributed by atoms with Gasteiger partial charge < -0.3 is 0 Å². The minimum Gasteiger partial charge on any atom is -0.243 e. The van der Waals surface area contributed by atoms with E-state index in [1.165, 1.54) is 0 Å². The summed E-state index contributed by atoms with van der Waals surface area (Å²) in [5, 5.41) is 4.84. The maximum atomic E-state index is 3.96. The van der Waals surface area contributed by atoms with Gasteiger partial charge in [-0.15, -0.1) is 30.4 Å². The normalized spacial score (nSPS) is 9.88. The first kappa shape index (κ1) is 5.97. The Bertz CT molecular complexity index is 175. The molecule has 3 nitrogen and oxygen atoms in total. The number of hydrogen-bond acceptors (Lipinski definition) is 4. The van der Waals surface area contributed by atoms with Gasteiger partial charge in [-0.1, -0.05) is 0 Å². The van der Waals surface area contributed by atoms with Crippen molar-refractivity contribution in [2.75, 3.05) is 0 Å². The van der Waals surface area contributed by atoms with E-state index < -0.39 is 0 Å². The van der Waals surface area contributed by atoms with Crippen LogP contribution in [0.5, 0.6) is 0 Å². The maximum absolute atomic E-state index is 3.96. The van der Waals surface area contributed by atoms with Gasteiger partial charge in [-0.05, 0) is 0 Å². The summed E-state index contributed by atoms with van der Waals surface area (Å²) in [7, 11) is 1.76. The first-order valence-corrected chi connectivity index (χ1v) is 2.88. The lowest BCUT2D eigenvalue weighted by Gasteiger charge is -1.83.